The number of thiazole rings is 1. The Morgan fingerprint density at radius 2 is 1.88 bits per heavy atom. The van der Waals surface area contributed by atoms with Gasteiger partial charge in [-0.1, -0.05) is 36.4 Å². The molecule has 0 radical (unpaired) electrons. The SMILES string of the molecule is Cc1nn2ccccc2c1-c1nc(-c2ccccc2)c(C2=NN=CC2)s1. The highest BCUT2D eigenvalue weighted by Gasteiger charge is 2.22. The van der Waals surface area contributed by atoms with E-state index >= 15 is 0 Å². The normalized spacial score (nSPS) is 13.5. The molecule has 126 valence electrons. The first-order valence-corrected chi connectivity index (χ1v) is 9.22. The van der Waals surface area contributed by atoms with Gasteiger partial charge in [-0.05, 0) is 19.1 Å². The molecule has 3 aromatic heterocycles. The second-order valence-electron chi connectivity index (χ2n) is 6.10. The zero-order valence-electron chi connectivity index (χ0n) is 14.1. The van der Waals surface area contributed by atoms with Crippen LogP contribution < -0.4 is 0 Å². The molecule has 4 aromatic rings. The predicted molar refractivity (Wildman–Crippen MR) is 106 cm³/mol. The zero-order valence-corrected chi connectivity index (χ0v) is 14.9. The van der Waals surface area contributed by atoms with Crippen LogP contribution in [0.2, 0.25) is 0 Å². The van der Waals surface area contributed by atoms with Crippen molar-refractivity contribution in [1.29, 1.82) is 0 Å². The van der Waals surface area contributed by atoms with E-state index in [1.807, 2.05) is 54.2 Å². The summed E-state index contributed by atoms with van der Waals surface area (Å²) >= 11 is 1.66. The summed E-state index contributed by atoms with van der Waals surface area (Å²) in [4.78, 5) is 6.09. The van der Waals surface area contributed by atoms with E-state index in [2.05, 4.69) is 33.5 Å². The lowest BCUT2D eigenvalue weighted by Gasteiger charge is -2.00. The van der Waals surface area contributed by atoms with E-state index in [-0.39, 0.29) is 0 Å². The molecule has 0 atom stereocenters. The van der Waals surface area contributed by atoms with Crippen molar-refractivity contribution in [2.24, 2.45) is 10.2 Å². The van der Waals surface area contributed by atoms with Gasteiger partial charge in [-0.15, -0.1) is 11.3 Å². The Hall–Kier alpha value is -3.12. The summed E-state index contributed by atoms with van der Waals surface area (Å²) in [6, 6.07) is 16.3. The molecule has 1 aromatic carbocycles. The van der Waals surface area contributed by atoms with Gasteiger partial charge in [0.05, 0.1) is 33.1 Å². The van der Waals surface area contributed by atoms with E-state index in [0.717, 1.165) is 50.0 Å². The molecule has 0 unspecified atom stereocenters. The monoisotopic (exact) mass is 357 g/mol. The first-order chi connectivity index (χ1) is 12.8. The fraction of sp³-hybridized carbons (Fsp3) is 0.100. The van der Waals surface area contributed by atoms with Crippen molar-refractivity contribution in [3.63, 3.8) is 0 Å². The number of fused-ring (bicyclic) bond motifs is 1. The van der Waals surface area contributed by atoms with E-state index in [9.17, 15) is 0 Å². The summed E-state index contributed by atoms with van der Waals surface area (Å²) < 4.78 is 1.91. The van der Waals surface area contributed by atoms with Gasteiger partial charge < -0.3 is 0 Å². The van der Waals surface area contributed by atoms with Gasteiger partial charge in [0, 0.05) is 24.4 Å². The van der Waals surface area contributed by atoms with Crippen LogP contribution in [0, 0.1) is 6.92 Å². The molecule has 0 bridgehead atoms. The third kappa shape index (κ3) is 2.38. The molecule has 0 N–H and O–H groups in total. The molecule has 5 rings (SSSR count). The van der Waals surface area contributed by atoms with Gasteiger partial charge in [0.15, 0.2) is 0 Å². The van der Waals surface area contributed by atoms with Gasteiger partial charge in [0.25, 0.3) is 0 Å². The summed E-state index contributed by atoms with van der Waals surface area (Å²) in [5.74, 6) is 0. The highest BCUT2D eigenvalue weighted by Crippen LogP contribution is 2.38. The molecule has 0 amide bonds. The third-order valence-electron chi connectivity index (χ3n) is 4.41. The minimum atomic E-state index is 0.745. The van der Waals surface area contributed by atoms with E-state index in [0.29, 0.717) is 0 Å². The molecular formula is C20H15N5S. The number of hydrogen-bond donors (Lipinski definition) is 0. The fourth-order valence-electron chi connectivity index (χ4n) is 3.21. The highest BCUT2D eigenvalue weighted by atomic mass is 32.1. The summed E-state index contributed by atoms with van der Waals surface area (Å²) in [6.45, 7) is 2.03. The van der Waals surface area contributed by atoms with Crippen LogP contribution in [-0.2, 0) is 0 Å². The van der Waals surface area contributed by atoms with Crippen molar-refractivity contribution < 1.29 is 0 Å². The minimum absolute atomic E-state index is 0.745. The first-order valence-electron chi connectivity index (χ1n) is 8.40. The highest BCUT2D eigenvalue weighted by molar-refractivity contribution is 7.17. The standard InChI is InChI=1S/C20H15N5S/c1-13-17(16-9-5-6-12-25(16)24-13)20-22-18(14-7-3-2-4-8-14)19(26-20)15-10-11-21-23-15/h2-9,11-12H,10H2,1H3. The molecule has 1 aliphatic heterocycles. The lowest BCUT2D eigenvalue weighted by atomic mass is 10.1. The van der Waals surface area contributed by atoms with Crippen LogP contribution in [0.25, 0.3) is 27.3 Å². The molecule has 0 fully saturated rings. The molecule has 1 aliphatic rings. The van der Waals surface area contributed by atoms with Gasteiger partial charge in [0.1, 0.15) is 5.01 Å². The lowest BCUT2D eigenvalue weighted by molar-refractivity contribution is 0.934. The van der Waals surface area contributed by atoms with Gasteiger partial charge in [-0.3, -0.25) is 0 Å². The first kappa shape index (κ1) is 15.2. The number of aromatic nitrogens is 3. The van der Waals surface area contributed by atoms with Crippen LogP contribution in [0.15, 0.2) is 64.9 Å². The number of hydrogen-bond acceptors (Lipinski definition) is 5. The molecule has 26 heavy (non-hydrogen) atoms. The van der Waals surface area contributed by atoms with Crippen molar-refractivity contribution >= 4 is 28.8 Å². The van der Waals surface area contributed by atoms with Crippen molar-refractivity contribution in [2.45, 2.75) is 13.3 Å². The molecule has 4 heterocycles. The van der Waals surface area contributed by atoms with E-state index in [1.54, 1.807) is 11.3 Å². The molecule has 5 nitrogen and oxygen atoms in total. The van der Waals surface area contributed by atoms with Crippen molar-refractivity contribution in [1.82, 2.24) is 14.6 Å². The van der Waals surface area contributed by atoms with Gasteiger partial charge >= 0.3 is 0 Å². The molecule has 0 saturated heterocycles. The van der Waals surface area contributed by atoms with Gasteiger partial charge in [-0.2, -0.15) is 15.3 Å². The quantitative estimate of drug-likeness (QED) is 0.537. The predicted octanol–water partition coefficient (Wildman–Crippen LogP) is 4.61. The minimum Gasteiger partial charge on any atom is -0.240 e. The van der Waals surface area contributed by atoms with Crippen molar-refractivity contribution in [2.75, 3.05) is 0 Å². The summed E-state index contributed by atoms with van der Waals surface area (Å²) in [5.41, 5.74) is 6.15. The van der Waals surface area contributed by atoms with E-state index in [4.69, 9.17) is 4.98 Å². The second kappa shape index (κ2) is 6.00. The third-order valence-corrected chi connectivity index (χ3v) is 5.53. The van der Waals surface area contributed by atoms with Crippen molar-refractivity contribution in [3.8, 4) is 21.8 Å². The molecule has 0 aliphatic carbocycles. The number of pyridine rings is 1. The largest absolute Gasteiger partial charge is 0.240 e. The molecule has 0 saturated carbocycles. The van der Waals surface area contributed by atoms with Crippen LogP contribution in [-0.4, -0.2) is 26.5 Å². The van der Waals surface area contributed by atoms with Crippen LogP contribution >= 0.6 is 11.3 Å². The zero-order chi connectivity index (χ0) is 17.5. The average Bonchev–Trinajstić information content (AvgIpc) is 3.39. The Kier molecular flexibility index (Phi) is 3.50. The maximum atomic E-state index is 5.01. The van der Waals surface area contributed by atoms with Crippen LogP contribution in [0.3, 0.4) is 0 Å². The fourth-order valence-corrected chi connectivity index (χ4v) is 4.40. The Balaban J connectivity index is 1.75. The summed E-state index contributed by atoms with van der Waals surface area (Å²) in [7, 11) is 0. The molecule has 0 spiro atoms. The lowest BCUT2D eigenvalue weighted by Crippen LogP contribution is -1.97. The van der Waals surface area contributed by atoms with Gasteiger partial charge in [-0.25, -0.2) is 9.50 Å². The Bertz CT molecular complexity index is 1170. The Morgan fingerprint density at radius 1 is 1.04 bits per heavy atom. The van der Waals surface area contributed by atoms with E-state index < -0.39 is 0 Å². The Labute approximate surface area is 154 Å². The van der Waals surface area contributed by atoms with Gasteiger partial charge in [0.2, 0.25) is 0 Å². The smallest absolute Gasteiger partial charge is 0.128 e. The topological polar surface area (TPSA) is 54.9 Å². The molecular weight excluding hydrogens is 342 g/mol. The summed E-state index contributed by atoms with van der Waals surface area (Å²) in [6.07, 6.45) is 4.55. The number of nitrogens with zero attached hydrogens (tertiary/aromatic N) is 5. The van der Waals surface area contributed by atoms with E-state index in [1.165, 1.54) is 0 Å². The number of aryl methyl sites for hydroxylation is 1. The van der Waals surface area contributed by atoms with Crippen LogP contribution in [0.5, 0.6) is 0 Å². The maximum Gasteiger partial charge on any atom is 0.128 e. The Morgan fingerprint density at radius 3 is 2.69 bits per heavy atom. The second-order valence-corrected chi connectivity index (χ2v) is 7.10. The summed E-state index contributed by atoms with van der Waals surface area (Å²) in [5, 5.41) is 13.9. The van der Waals surface area contributed by atoms with Crippen LogP contribution in [0.4, 0.5) is 0 Å². The maximum absolute atomic E-state index is 5.01. The van der Waals surface area contributed by atoms with Crippen molar-refractivity contribution in [3.05, 3.63) is 65.3 Å². The number of benzene rings is 1. The average molecular weight is 357 g/mol. The van der Waals surface area contributed by atoms with Crippen LogP contribution in [0.1, 0.15) is 17.0 Å². The molecule has 6 heteroatoms. The number of rotatable bonds is 3.